The smallest absolute Gasteiger partial charge is 0.0290 e. The Labute approximate surface area is 60.0 Å². The molecular weight excluding hydrogens is 108 g/mol. The third-order valence-corrected chi connectivity index (χ3v) is 0.757. The molecule has 0 amide bonds. The third-order valence-electron chi connectivity index (χ3n) is 0.757. The minimum absolute atomic E-state index is 0.722. The molecule has 0 aliphatic rings. The Morgan fingerprint density at radius 3 is 1.78 bits per heavy atom. The first-order valence-corrected chi connectivity index (χ1v) is 3.94. The van der Waals surface area contributed by atoms with Crippen molar-refractivity contribution in [1.29, 1.82) is 0 Å². The lowest BCUT2D eigenvalue weighted by Gasteiger charge is -1.88. The highest BCUT2D eigenvalue weighted by molar-refractivity contribution is 4.82. The lowest BCUT2D eigenvalue weighted by Crippen LogP contribution is -1.74. The van der Waals surface area contributed by atoms with Crippen LogP contribution < -0.4 is 0 Å². The molecule has 0 rings (SSSR count). The van der Waals surface area contributed by atoms with Crippen LogP contribution in [0.2, 0.25) is 0 Å². The Hall–Kier alpha value is -0.260. The van der Waals surface area contributed by atoms with E-state index in [9.17, 15) is 0 Å². The summed E-state index contributed by atoms with van der Waals surface area (Å²) in [5.41, 5.74) is 0. The summed E-state index contributed by atoms with van der Waals surface area (Å²) >= 11 is 0. The van der Waals surface area contributed by atoms with Gasteiger partial charge in [-0.3, -0.25) is 0 Å². The molecule has 0 aromatic carbocycles. The van der Waals surface area contributed by atoms with E-state index in [1.54, 1.807) is 0 Å². The maximum Gasteiger partial charge on any atom is -0.0290 e. The van der Waals surface area contributed by atoms with Crippen molar-refractivity contribution in [2.24, 2.45) is 5.92 Å². The Morgan fingerprint density at radius 2 is 1.67 bits per heavy atom. The summed E-state index contributed by atoms with van der Waals surface area (Å²) in [6.45, 7) is 10.5. The fourth-order valence-electron chi connectivity index (χ4n) is 0.408. The molecule has 0 heteroatoms. The molecule has 0 atom stereocenters. The van der Waals surface area contributed by atoms with Crippen LogP contribution in [0.1, 0.15) is 41.0 Å². The molecule has 0 nitrogen and oxygen atoms in total. The predicted octanol–water partition coefficient (Wildman–Crippen LogP) is 3.63. The summed E-state index contributed by atoms with van der Waals surface area (Å²) in [6, 6.07) is 0. The normalized spacial score (nSPS) is 9.56. The zero-order valence-corrected chi connectivity index (χ0v) is 7.44. The summed E-state index contributed by atoms with van der Waals surface area (Å²) in [4.78, 5) is 0. The number of hydrogen-bond donors (Lipinski definition) is 0. The van der Waals surface area contributed by atoms with Gasteiger partial charge in [0.05, 0.1) is 0 Å². The first-order chi connectivity index (χ1) is 4.27. The topological polar surface area (TPSA) is 0 Å². The van der Waals surface area contributed by atoms with Crippen molar-refractivity contribution in [1.82, 2.24) is 0 Å². The molecule has 56 valence electrons. The zero-order valence-electron chi connectivity index (χ0n) is 7.44. The Balaban J connectivity index is 0. The average Bonchev–Trinajstić information content (AvgIpc) is 1.88. The van der Waals surface area contributed by atoms with Crippen molar-refractivity contribution < 1.29 is 0 Å². The summed E-state index contributed by atoms with van der Waals surface area (Å²) in [5, 5.41) is 0. The van der Waals surface area contributed by atoms with E-state index in [-0.39, 0.29) is 0 Å². The molecule has 0 aromatic rings. The molecule has 0 fully saturated rings. The van der Waals surface area contributed by atoms with Crippen LogP contribution in [0, 0.1) is 5.92 Å². The van der Waals surface area contributed by atoms with Gasteiger partial charge in [-0.2, -0.15) is 0 Å². The van der Waals surface area contributed by atoms with E-state index in [4.69, 9.17) is 0 Å². The third kappa shape index (κ3) is 18.2. The van der Waals surface area contributed by atoms with Crippen molar-refractivity contribution in [3.63, 3.8) is 0 Å². The van der Waals surface area contributed by atoms with Crippen molar-refractivity contribution >= 4 is 0 Å². The van der Waals surface area contributed by atoms with Gasteiger partial charge in [0, 0.05) is 0 Å². The van der Waals surface area contributed by atoms with Gasteiger partial charge in [-0.15, -0.1) is 0 Å². The summed E-state index contributed by atoms with van der Waals surface area (Å²) in [7, 11) is 0. The van der Waals surface area contributed by atoms with Crippen molar-refractivity contribution in [3.05, 3.63) is 12.2 Å². The quantitative estimate of drug-likeness (QED) is 0.498. The second-order valence-electron chi connectivity index (χ2n) is 2.08. The fraction of sp³-hybridized carbons (Fsp3) is 0.778. The lowest BCUT2D eigenvalue weighted by atomic mass is 10.2. The van der Waals surface area contributed by atoms with E-state index in [2.05, 4.69) is 32.9 Å². The molecule has 0 aromatic heterocycles. The Morgan fingerprint density at radius 1 is 1.22 bits per heavy atom. The molecule has 0 saturated carbocycles. The highest BCUT2D eigenvalue weighted by Crippen LogP contribution is 1.93. The molecule has 0 N–H and O–H groups in total. The minimum atomic E-state index is 0.722. The van der Waals surface area contributed by atoms with Crippen LogP contribution in [0.15, 0.2) is 12.2 Å². The molecule has 0 aliphatic heterocycles. The highest BCUT2D eigenvalue weighted by Gasteiger charge is 1.78. The summed E-state index contributed by atoms with van der Waals surface area (Å²) < 4.78 is 0. The van der Waals surface area contributed by atoms with Crippen LogP contribution in [0.4, 0.5) is 0 Å². The van der Waals surface area contributed by atoms with E-state index in [1.165, 1.54) is 0 Å². The predicted molar refractivity (Wildman–Crippen MR) is 45.6 cm³/mol. The van der Waals surface area contributed by atoms with Crippen LogP contribution >= 0.6 is 0 Å². The molecule has 0 spiro atoms. The molecule has 0 radical (unpaired) electrons. The van der Waals surface area contributed by atoms with E-state index < -0.39 is 0 Å². The number of rotatable bonds is 2. The zero-order chi connectivity index (χ0) is 7.70. The van der Waals surface area contributed by atoms with Crippen LogP contribution in [0.3, 0.4) is 0 Å². The standard InChI is InChI=1S/C7H14.C2H6/c1-4-5-6-7(2)3;1-2/h5-7H,4H2,1-3H3;1-2H3/b6-5+;. The molecule has 0 bridgehead atoms. The Bertz CT molecular complexity index is 51.1. The van der Waals surface area contributed by atoms with Gasteiger partial charge < -0.3 is 0 Å². The second kappa shape index (κ2) is 10.7. The van der Waals surface area contributed by atoms with Gasteiger partial charge in [0.2, 0.25) is 0 Å². The molecule has 0 unspecified atom stereocenters. The molecule has 0 heterocycles. The van der Waals surface area contributed by atoms with E-state index in [1.807, 2.05) is 13.8 Å². The van der Waals surface area contributed by atoms with Crippen molar-refractivity contribution in [2.45, 2.75) is 41.0 Å². The lowest BCUT2D eigenvalue weighted by molar-refractivity contribution is 0.826. The minimum Gasteiger partial charge on any atom is -0.0886 e. The maximum absolute atomic E-state index is 2.22. The second-order valence-corrected chi connectivity index (χ2v) is 2.08. The molecule has 9 heavy (non-hydrogen) atoms. The molecule has 0 saturated heterocycles. The van der Waals surface area contributed by atoms with Gasteiger partial charge in [0.15, 0.2) is 0 Å². The van der Waals surface area contributed by atoms with Gasteiger partial charge in [0.1, 0.15) is 0 Å². The number of allylic oxidation sites excluding steroid dienone is 2. The first-order valence-electron chi connectivity index (χ1n) is 3.94. The van der Waals surface area contributed by atoms with Crippen LogP contribution in [-0.4, -0.2) is 0 Å². The SMILES string of the molecule is CC.CC/C=C/C(C)C. The van der Waals surface area contributed by atoms with E-state index >= 15 is 0 Å². The van der Waals surface area contributed by atoms with Crippen LogP contribution in [0.5, 0.6) is 0 Å². The van der Waals surface area contributed by atoms with E-state index in [0.717, 1.165) is 12.3 Å². The van der Waals surface area contributed by atoms with Crippen LogP contribution in [-0.2, 0) is 0 Å². The summed E-state index contributed by atoms with van der Waals surface area (Å²) in [5.74, 6) is 0.722. The first kappa shape index (κ1) is 11.5. The van der Waals surface area contributed by atoms with Crippen LogP contribution in [0.25, 0.3) is 0 Å². The average molecular weight is 128 g/mol. The fourth-order valence-corrected chi connectivity index (χ4v) is 0.408. The van der Waals surface area contributed by atoms with E-state index in [0.29, 0.717) is 0 Å². The summed E-state index contributed by atoms with van der Waals surface area (Å²) in [6.07, 6.45) is 5.59. The Kier molecular flexibility index (Phi) is 13.7. The van der Waals surface area contributed by atoms with Gasteiger partial charge in [-0.05, 0) is 12.3 Å². The molecule has 0 aliphatic carbocycles. The largest absolute Gasteiger partial charge is 0.0886 e. The van der Waals surface area contributed by atoms with Gasteiger partial charge in [0.25, 0.3) is 0 Å². The van der Waals surface area contributed by atoms with Gasteiger partial charge in [-0.25, -0.2) is 0 Å². The highest BCUT2D eigenvalue weighted by atomic mass is 13.8. The molecular formula is C9H20. The maximum atomic E-state index is 2.22. The number of hydrogen-bond acceptors (Lipinski definition) is 0. The van der Waals surface area contributed by atoms with Gasteiger partial charge >= 0.3 is 0 Å². The van der Waals surface area contributed by atoms with Crippen molar-refractivity contribution in [2.75, 3.05) is 0 Å². The van der Waals surface area contributed by atoms with Crippen molar-refractivity contribution in [3.8, 4) is 0 Å². The van der Waals surface area contributed by atoms with Gasteiger partial charge in [-0.1, -0.05) is 46.8 Å². The monoisotopic (exact) mass is 128 g/mol.